The van der Waals surface area contributed by atoms with Gasteiger partial charge >= 0.3 is 11.9 Å². The van der Waals surface area contributed by atoms with Gasteiger partial charge in [-0.05, 0) is 84.9 Å². The van der Waals surface area contributed by atoms with Gasteiger partial charge in [0.2, 0.25) is 0 Å². The van der Waals surface area contributed by atoms with Gasteiger partial charge in [0, 0.05) is 52.1 Å². The van der Waals surface area contributed by atoms with Crippen molar-refractivity contribution in [3.63, 3.8) is 0 Å². The summed E-state index contributed by atoms with van der Waals surface area (Å²) in [7, 11) is 0. The van der Waals surface area contributed by atoms with Crippen LogP contribution in [-0.2, 0) is 9.59 Å². The first-order valence-electron chi connectivity index (χ1n) is 17.4. The van der Waals surface area contributed by atoms with E-state index >= 15 is 0 Å². The van der Waals surface area contributed by atoms with Gasteiger partial charge in [-0.15, -0.1) is 0 Å². The molecule has 60 heavy (non-hydrogen) atoms. The van der Waals surface area contributed by atoms with Crippen molar-refractivity contribution < 1.29 is 67.0 Å². The van der Waals surface area contributed by atoms with Crippen LogP contribution < -0.4 is 24.8 Å². The van der Waals surface area contributed by atoms with Gasteiger partial charge in [-0.3, -0.25) is 9.59 Å². The first-order chi connectivity index (χ1) is 28.7. The number of aliphatic carboxylic acids is 2. The highest BCUT2D eigenvalue weighted by molar-refractivity contribution is 6.06. The molecule has 18 heteroatoms. The molecule has 0 fully saturated rings. The van der Waals surface area contributed by atoms with Crippen LogP contribution >= 0.6 is 0 Å². The molecule has 0 aliphatic heterocycles. The third kappa shape index (κ3) is 8.76. The van der Waals surface area contributed by atoms with Crippen LogP contribution in [0.2, 0.25) is 0 Å². The van der Waals surface area contributed by atoms with Gasteiger partial charge in [0.15, 0.2) is 35.0 Å². The lowest BCUT2D eigenvalue weighted by atomic mass is 10.1. The Morgan fingerprint density at radius 2 is 0.917 bits per heavy atom. The van der Waals surface area contributed by atoms with E-state index in [-0.39, 0.29) is 27.7 Å². The Morgan fingerprint density at radius 1 is 0.483 bits per heavy atom. The first kappa shape index (κ1) is 39.8. The lowest BCUT2D eigenvalue weighted by molar-refractivity contribution is -0.147. The third-order valence-electron chi connectivity index (χ3n) is 8.72. The molecule has 0 radical (unpaired) electrons. The zero-order valence-electron chi connectivity index (χ0n) is 30.3. The highest BCUT2D eigenvalue weighted by atomic mass is 19.1. The van der Waals surface area contributed by atoms with Crippen LogP contribution in [0.15, 0.2) is 116 Å². The van der Waals surface area contributed by atoms with E-state index in [1.54, 1.807) is 24.3 Å². The summed E-state index contributed by atoms with van der Waals surface area (Å²) in [6.45, 7) is 0. The average Bonchev–Trinajstić information content (AvgIpc) is 3.20. The van der Waals surface area contributed by atoms with E-state index < -0.39 is 76.2 Å². The molecule has 2 amide bonds. The zero-order chi connectivity index (χ0) is 42.7. The number of carboxylic acids is 2. The number of aromatic hydroxyl groups is 2. The predicted octanol–water partition coefficient (Wildman–Crippen LogP) is 7.05. The summed E-state index contributed by atoms with van der Waals surface area (Å²) in [6.07, 6.45) is 2.32. The molecule has 15 nitrogen and oxygen atoms in total. The Morgan fingerprint density at radius 3 is 1.47 bits per heavy atom. The van der Waals surface area contributed by atoms with E-state index in [0.29, 0.717) is 34.5 Å². The SMILES string of the molecule is O=C(NC(C(=O)O)C(NC(=O)c1ncc2ccc(Oc3cc(F)cc(F)c3)cc2c1O)C(=O)O)c1ncc2cc(Oc3ccc(Oc4ccc(F)cc4)cc3)ccc2c1O. The molecule has 0 aliphatic rings. The Labute approximate surface area is 334 Å². The van der Waals surface area contributed by atoms with Crippen molar-refractivity contribution in [1.29, 1.82) is 0 Å². The monoisotopic (exact) mass is 820 g/mol. The van der Waals surface area contributed by atoms with Crippen LogP contribution in [0.25, 0.3) is 21.5 Å². The van der Waals surface area contributed by atoms with Gasteiger partial charge in [0.05, 0.1) is 0 Å². The largest absolute Gasteiger partial charge is 0.505 e. The van der Waals surface area contributed by atoms with E-state index in [1.165, 1.54) is 66.9 Å². The Kier molecular flexibility index (Phi) is 11.0. The Hall–Kier alpha value is -8.41. The second-order valence-corrected chi connectivity index (χ2v) is 12.8. The Bertz CT molecular complexity index is 2810. The molecule has 2 unspecified atom stereocenters. The minimum absolute atomic E-state index is 0.0185. The van der Waals surface area contributed by atoms with Crippen molar-refractivity contribution in [3.05, 3.63) is 144 Å². The average molecular weight is 821 g/mol. The third-order valence-corrected chi connectivity index (χ3v) is 8.72. The van der Waals surface area contributed by atoms with E-state index in [9.17, 15) is 52.8 Å². The fraction of sp³-hybridized carbons (Fsp3) is 0.0476. The van der Waals surface area contributed by atoms with Crippen molar-refractivity contribution in [1.82, 2.24) is 20.6 Å². The quantitative estimate of drug-likeness (QED) is 0.0686. The molecule has 2 heterocycles. The van der Waals surface area contributed by atoms with Crippen molar-refractivity contribution in [2.24, 2.45) is 0 Å². The fourth-order valence-electron chi connectivity index (χ4n) is 5.89. The number of rotatable bonds is 13. The molecular weight excluding hydrogens is 793 g/mol. The lowest BCUT2D eigenvalue weighted by Crippen LogP contribution is -2.59. The van der Waals surface area contributed by atoms with Crippen molar-refractivity contribution in [2.75, 3.05) is 0 Å². The molecule has 7 rings (SSSR count). The molecule has 302 valence electrons. The number of carbonyl (C=O) groups excluding carboxylic acids is 2. The van der Waals surface area contributed by atoms with Crippen molar-refractivity contribution in [2.45, 2.75) is 12.1 Å². The summed E-state index contributed by atoms with van der Waals surface area (Å²) in [5, 5.41) is 46.4. The maximum absolute atomic E-state index is 13.7. The normalized spacial score (nSPS) is 12.0. The molecule has 2 atom stereocenters. The highest BCUT2D eigenvalue weighted by Crippen LogP contribution is 2.34. The zero-order valence-corrected chi connectivity index (χ0v) is 30.3. The first-order valence-corrected chi connectivity index (χ1v) is 17.4. The molecule has 0 bridgehead atoms. The van der Waals surface area contributed by atoms with Gasteiger partial charge in [0.25, 0.3) is 11.8 Å². The number of benzene rings is 5. The maximum atomic E-state index is 13.7. The topological polar surface area (TPSA) is 227 Å². The van der Waals surface area contributed by atoms with Gasteiger partial charge in [-0.1, -0.05) is 0 Å². The van der Waals surface area contributed by atoms with Crippen LogP contribution in [0.3, 0.4) is 0 Å². The molecule has 5 aromatic carbocycles. The van der Waals surface area contributed by atoms with E-state index in [1.807, 2.05) is 10.6 Å². The molecule has 0 aliphatic carbocycles. The number of hydrogen-bond acceptors (Lipinski definition) is 11. The summed E-state index contributed by atoms with van der Waals surface area (Å²) in [5.41, 5.74) is -1.43. The number of aromatic nitrogens is 2. The number of halogens is 3. The predicted molar refractivity (Wildman–Crippen MR) is 204 cm³/mol. The molecule has 0 saturated heterocycles. The summed E-state index contributed by atoms with van der Waals surface area (Å²) in [5.74, 6) is -8.83. The van der Waals surface area contributed by atoms with Crippen LogP contribution in [0.1, 0.15) is 21.0 Å². The van der Waals surface area contributed by atoms with Crippen LogP contribution in [0.5, 0.6) is 46.0 Å². The minimum atomic E-state index is -2.36. The molecule has 6 N–H and O–H groups in total. The maximum Gasteiger partial charge on any atom is 0.329 e. The van der Waals surface area contributed by atoms with Crippen LogP contribution in [0.4, 0.5) is 13.2 Å². The molecule has 0 spiro atoms. The number of amides is 2. The molecule has 2 aromatic heterocycles. The number of ether oxygens (including phenoxy) is 3. The van der Waals surface area contributed by atoms with Crippen molar-refractivity contribution >= 4 is 45.3 Å². The molecule has 7 aromatic rings. The second kappa shape index (κ2) is 16.6. The van der Waals surface area contributed by atoms with Gasteiger partial charge in [0.1, 0.15) is 51.9 Å². The smallest absolute Gasteiger partial charge is 0.329 e. The number of carboxylic acid groups (broad SMARTS) is 2. The fourth-order valence-corrected chi connectivity index (χ4v) is 5.89. The Balaban J connectivity index is 1.05. The number of pyridine rings is 2. The summed E-state index contributed by atoms with van der Waals surface area (Å²) in [4.78, 5) is 59.1. The number of carbonyl (C=O) groups is 4. The number of nitrogens with one attached hydrogen (secondary N) is 2. The van der Waals surface area contributed by atoms with Gasteiger partial charge in [-0.2, -0.15) is 0 Å². The van der Waals surface area contributed by atoms with E-state index in [4.69, 9.17) is 14.2 Å². The lowest BCUT2D eigenvalue weighted by Gasteiger charge is -2.23. The summed E-state index contributed by atoms with van der Waals surface area (Å²) in [6, 6.07) is 18.1. The second-order valence-electron chi connectivity index (χ2n) is 12.8. The van der Waals surface area contributed by atoms with E-state index in [0.717, 1.165) is 18.3 Å². The highest BCUT2D eigenvalue weighted by Gasteiger charge is 2.38. The standard InChI is InChI=1S/C42H27F3N4O11/c43-22-2-5-25(6-3-22)58-26-7-9-27(10-8-26)59-28-11-12-31-21(13-28)19-47-35(37(31)50)39(52)48-33(41(54)55)34(42(56)57)49-40(53)36-38(51)32-17-29(4-1-20(32)18-46-36)60-30-15-23(44)14-24(45)16-30/h1-19,33-34,50-51H,(H,48,52)(H,49,53)(H,54,55)(H,56,57). The summed E-state index contributed by atoms with van der Waals surface area (Å²) < 4.78 is 57.6. The number of nitrogens with zero attached hydrogens (tertiary/aromatic N) is 2. The minimum Gasteiger partial charge on any atom is -0.505 e. The molecular formula is C42H27F3N4O11. The van der Waals surface area contributed by atoms with Crippen LogP contribution in [-0.4, -0.2) is 66.2 Å². The van der Waals surface area contributed by atoms with E-state index in [2.05, 4.69) is 9.97 Å². The summed E-state index contributed by atoms with van der Waals surface area (Å²) >= 11 is 0. The number of fused-ring (bicyclic) bond motifs is 2. The van der Waals surface area contributed by atoms with Crippen LogP contribution in [0, 0.1) is 17.5 Å². The molecule has 0 saturated carbocycles. The van der Waals surface area contributed by atoms with Gasteiger partial charge in [-0.25, -0.2) is 32.7 Å². The number of hydrogen-bond donors (Lipinski definition) is 6. The van der Waals surface area contributed by atoms with Crippen molar-refractivity contribution in [3.8, 4) is 46.0 Å². The van der Waals surface area contributed by atoms with Gasteiger partial charge < -0.3 is 45.3 Å².